The van der Waals surface area contributed by atoms with Crippen LogP contribution in [0.15, 0.2) is 24.3 Å². The summed E-state index contributed by atoms with van der Waals surface area (Å²) in [5.41, 5.74) is 3.72. The smallest absolute Gasteiger partial charge is 0.197 e. The molecule has 1 aliphatic carbocycles. The minimum atomic E-state index is -0.803. The molecular weight excluding hydrogens is 443 g/mol. The van der Waals surface area contributed by atoms with Crippen LogP contribution in [0.4, 0.5) is 4.39 Å². The number of hydrogen-bond donors (Lipinski definition) is 2. The SMILES string of the molecule is CCOc1cc2c(c(F)c1OCC)C(=N)N(CC(O)c1cc(C(C)C)cc(C(C)(C)C)c1)C21CC1. The van der Waals surface area contributed by atoms with Gasteiger partial charge in [-0.15, -0.1) is 0 Å². The van der Waals surface area contributed by atoms with E-state index in [0.717, 1.165) is 24.0 Å². The standard InChI is InChI=1S/C29H39FN2O3/c1-8-34-23-15-21-24(25(30)26(23)35-9-2)27(31)32(29(21)10-11-29)16-22(33)19-12-18(17(3)4)13-20(14-19)28(5,6)7/h12-15,17,22,31,33H,8-11,16H2,1-7H3. The van der Waals surface area contributed by atoms with Crippen LogP contribution >= 0.6 is 0 Å². The van der Waals surface area contributed by atoms with Crippen molar-refractivity contribution < 1.29 is 19.0 Å². The van der Waals surface area contributed by atoms with Crippen molar-refractivity contribution >= 4 is 5.84 Å². The van der Waals surface area contributed by atoms with Crippen LogP contribution in [0.5, 0.6) is 11.5 Å². The summed E-state index contributed by atoms with van der Waals surface area (Å²) in [7, 11) is 0. The maximum atomic E-state index is 15.7. The van der Waals surface area contributed by atoms with Crippen molar-refractivity contribution in [1.29, 1.82) is 5.41 Å². The minimum Gasteiger partial charge on any atom is -0.490 e. The van der Waals surface area contributed by atoms with Crippen molar-refractivity contribution in [3.05, 3.63) is 57.9 Å². The molecule has 2 N–H and O–H groups in total. The Morgan fingerprint density at radius 3 is 2.23 bits per heavy atom. The molecule has 1 aliphatic heterocycles. The number of halogens is 1. The molecular formula is C29H39FN2O3. The number of aliphatic hydroxyl groups is 1. The van der Waals surface area contributed by atoms with E-state index in [4.69, 9.17) is 14.9 Å². The van der Waals surface area contributed by atoms with Gasteiger partial charge in [-0.05, 0) is 66.3 Å². The fraction of sp³-hybridized carbons (Fsp3) is 0.552. The van der Waals surface area contributed by atoms with Gasteiger partial charge in [0.2, 0.25) is 0 Å². The Bertz CT molecular complexity index is 1130. The number of fused-ring (bicyclic) bond motifs is 2. The van der Waals surface area contributed by atoms with E-state index in [1.54, 1.807) is 6.92 Å². The number of amidine groups is 1. The van der Waals surface area contributed by atoms with E-state index in [9.17, 15) is 5.11 Å². The van der Waals surface area contributed by atoms with Crippen LogP contribution in [-0.4, -0.2) is 35.6 Å². The highest BCUT2D eigenvalue weighted by atomic mass is 19.1. The molecule has 2 aromatic rings. The predicted octanol–water partition coefficient (Wildman–Crippen LogP) is 6.41. The van der Waals surface area contributed by atoms with Gasteiger partial charge >= 0.3 is 0 Å². The lowest BCUT2D eigenvalue weighted by Gasteiger charge is -2.30. The van der Waals surface area contributed by atoms with Crippen molar-refractivity contribution in [2.24, 2.45) is 0 Å². The molecule has 0 saturated heterocycles. The highest BCUT2D eigenvalue weighted by Gasteiger charge is 2.58. The lowest BCUT2D eigenvalue weighted by Crippen LogP contribution is -2.37. The second-order valence-electron chi connectivity index (χ2n) is 11.1. The van der Waals surface area contributed by atoms with Crippen molar-refractivity contribution in [2.45, 2.75) is 84.3 Å². The number of benzene rings is 2. The predicted molar refractivity (Wildman–Crippen MR) is 137 cm³/mol. The third-order valence-electron chi connectivity index (χ3n) is 7.27. The van der Waals surface area contributed by atoms with Crippen molar-refractivity contribution in [3.63, 3.8) is 0 Å². The number of aliphatic hydroxyl groups excluding tert-OH is 1. The van der Waals surface area contributed by atoms with Gasteiger partial charge in [-0.1, -0.05) is 52.8 Å². The van der Waals surface area contributed by atoms with Gasteiger partial charge in [0.15, 0.2) is 17.3 Å². The van der Waals surface area contributed by atoms with Crippen LogP contribution in [0, 0.1) is 11.2 Å². The fourth-order valence-corrected chi connectivity index (χ4v) is 5.08. The zero-order valence-corrected chi connectivity index (χ0v) is 22.1. The van der Waals surface area contributed by atoms with Crippen LogP contribution in [-0.2, 0) is 11.0 Å². The van der Waals surface area contributed by atoms with E-state index in [0.29, 0.717) is 24.9 Å². The Morgan fingerprint density at radius 1 is 1.06 bits per heavy atom. The highest BCUT2D eigenvalue weighted by Crippen LogP contribution is 2.59. The maximum absolute atomic E-state index is 15.7. The van der Waals surface area contributed by atoms with Gasteiger partial charge in [-0.3, -0.25) is 5.41 Å². The van der Waals surface area contributed by atoms with E-state index >= 15 is 4.39 Å². The molecule has 4 rings (SSSR count). The summed E-state index contributed by atoms with van der Waals surface area (Å²) < 4.78 is 27.0. The van der Waals surface area contributed by atoms with Crippen LogP contribution in [0.3, 0.4) is 0 Å². The zero-order valence-electron chi connectivity index (χ0n) is 22.1. The summed E-state index contributed by atoms with van der Waals surface area (Å²) >= 11 is 0. The third-order valence-corrected chi connectivity index (χ3v) is 7.27. The van der Waals surface area contributed by atoms with Crippen molar-refractivity contribution in [2.75, 3.05) is 19.8 Å². The van der Waals surface area contributed by atoms with Crippen molar-refractivity contribution in [1.82, 2.24) is 4.90 Å². The number of rotatable bonds is 8. The molecule has 1 heterocycles. The van der Waals surface area contributed by atoms with Gasteiger partial charge < -0.3 is 19.5 Å². The molecule has 1 saturated carbocycles. The number of ether oxygens (including phenoxy) is 2. The molecule has 1 spiro atoms. The van der Waals surface area contributed by atoms with Gasteiger partial charge in [0.1, 0.15) is 5.84 Å². The Balaban J connectivity index is 1.71. The molecule has 1 unspecified atom stereocenters. The van der Waals surface area contributed by atoms with Crippen molar-refractivity contribution in [3.8, 4) is 11.5 Å². The first-order valence-corrected chi connectivity index (χ1v) is 12.8. The summed E-state index contributed by atoms with van der Waals surface area (Å²) in [6, 6.07) is 8.21. The normalized spacial score (nSPS) is 17.2. The number of nitrogens with one attached hydrogen (secondary N) is 1. The van der Waals surface area contributed by atoms with E-state index in [2.05, 4.69) is 52.8 Å². The minimum absolute atomic E-state index is 0.0534. The number of β-amino-alcohol motifs (C(OH)–C–C–N with tert-alkyl or cyclic N) is 1. The van der Waals surface area contributed by atoms with Crippen LogP contribution in [0.2, 0.25) is 0 Å². The lowest BCUT2D eigenvalue weighted by atomic mass is 9.83. The molecule has 2 aromatic carbocycles. The Morgan fingerprint density at radius 2 is 1.69 bits per heavy atom. The van der Waals surface area contributed by atoms with Crippen LogP contribution in [0.1, 0.15) is 101 Å². The average Bonchev–Trinajstić information content (AvgIpc) is 3.56. The number of nitrogens with zero attached hydrogens (tertiary/aromatic N) is 1. The highest BCUT2D eigenvalue weighted by molar-refractivity contribution is 6.03. The molecule has 1 atom stereocenters. The van der Waals surface area contributed by atoms with Crippen LogP contribution in [0.25, 0.3) is 0 Å². The summed E-state index contributed by atoms with van der Waals surface area (Å²) in [5, 5.41) is 20.3. The summed E-state index contributed by atoms with van der Waals surface area (Å²) in [4.78, 5) is 1.88. The topological polar surface area (TPSA) is 65.8 Å². The second kappa shape index (κ2) is 9.12. The van der Waals surface area contributed by atoms with Gasteiger partial charge in [-0.25, -0.2) is 4.39 Å². The summed E-state index contributed by atoms with van der Waals surface area (Å²) in [5.74, 6) is 0.337. The Labute approximate surface area is 208 Å². The summed E-state index contributed by atoms with van der Waals surface area (Å²) in [6.07, 6.45) is 0.823. The van der Waals surface area contributed by atoms with Gasteiger partial charge in [0.05, 0.1) is 37.0 Å². The zero-order chi connectivity index (χ0) is 25.7. The molecule has 2 aliphatic rings. The second-order valence-corrected chi connectivity index (χ2v) is 11.1. The molecule has 6 heteroatoms. The molecule has 0 bridgehead atoms. The fourth-order valence-electron chi connectivity index (χ4n) is 5.08. The molecule has 190 valence electrons. The third kappa shape index (κ3) is 4.42. The first-order chi connectivity index (χ1) is 16.4. The Hall–Kier alpha value is -2.60. The molecule has 0 aromatic heterocycles. The van der Waals surface area contributed by atoms with E-state index in [-0.39, 0.29) is 29.1 Å². The average molecular weight is 483 g/mol. The molecule has 0 radical (unpaired) electrons. The van der Waals surface area contributed by atoms with Crippen LogP contribution < -0.4 is 9.47 Å². The lowest BCUT2D eigenvalue weighted by molar-refractivity contribution is 0.124. The van der Waals surface area contributed by atoms with Gasteiger partial charge in [0, 0.05) is 0 Å². The summed E-state index contributed by atoms with van der Waals surface area (Å²) in [6.45, 7) is 15.4. The largest absolute Gasteiger partial charge is 0.490 e. The molecule has 35 heavy (non-hydrogen) atoms. The van der Waals surface area contributed by atoms with Gasteiger partial charge in [-0.2, -0.15) is 0 Å². The maximum Gasteiger partial charge on any atom is 0.197 e. The monoisotopic (exact) mass is 482 g/mol. The first kappa shape index (κ1) is 25.5. The number of hydrogen-bond acceptors (Lipinski definition) is 4. The molecule has 5 nitrogen and oxygen atoms in total. The van der Waals surface area contributed by atoms with E-state index in [1.165, 1.54) is 11.1 Å². The molecule has 0 amide bonds. The Kier molecular flexibility index (Phi) is 6.64. The van der Waals surface area contributed by atoms with E-state index in [1.807, 2.05) is 17.9 Å². The molecule has 1 fully saturated rings. The quantitative estimate of drug-likeness (QED) is 0.456. The van der Waals surface area contributed by atoms with Gasteiger partial charge in [0.25, 0.3) is 0 Å². The van der Waals surface area contributed by atoms with E-state index < -0.39 is 17.5 Å². The first-order valence-electron chi connectivity index (χ1n) is 12.8.